The topological polar surface area (TPSA) is 40.6 Å². The molecule has 0 N–H and O–H groups in total. The van der Waals surface area contributed by atoms with Gasteiger partial charge in [0.15, 0.2) is 0 Å². The lowest BCUT2D eigenvalue weighted by Gasteiger charge is -2.40. The number of piperazine rings is 1. The van der Waals surface area contributed by atoms with E-state index < -0.39 is 11.8 Å². The van der Waals surface area contributed by atoms with E-state index in [4.69, 9.17) is 11.6 Å². The lowest BCUT2D eigenvalue weighted by atomic mass is 10.0. The van der Waals surface area contributed by atoms with Gasteiger partial charge in [-0.05, 0) is 24.8 Å². The first-order valence-electron chi connectivity index (χ1n) is 7.83. The SMILES string of the molecule is CCN1CC(CCCl)N(c2cccc3ccccc23)C(=O)C1=O. The van der Waals surface area contributed by atoms with Crippen molar-refractivity contribution >= 4 is 39.9 Å². The number of alkyl halides is 1. The van der Waals surface area contributed by atoms with Gasteiger partial charge in [0, 0.05) is 24.4 Å². The van der Waals surface area contributed by atoms with Crippen LogP contribution in [0.3, 0.4) is 0 Å². The van der Waals surface area contributed by atoms with Crippen LogP contribution < -0.4 is 4.90 Å². The molecule has 0 radical (unpaired) electrons. The van der Waals surface area contributed by atoms with Crippen LogP contribution in [0.2, 0.25) is 0 Å². The number of rotatable bonds is 4. The second kappa shape index (κ2) is 6.59. The maximum absolute atomic E-state index is 12.7. The number of likely N-dealkylation sites (N-methyl/N-ethyl adjacent to an activating group) is 1. The second-order valence-corrected chi connectivity index (χ2v) is 6.03. The zero-order valence-corrected chi connectivity index (χ0v) is 13.8. The molecule has 0 spiro atoms. The van der Waals surface area contributed by atoms with Crippen LogP contribution in [0.4, 0.5) is 5.69 Å². The highest BCUT2D eigenvalue weighted by atomic mass is 35.5. The normalized spacial score (nSPS) is 18.8. The smallest absolute Gasteiger partial charge is 0.316 e. The molecular weight excluding hydrogens is 312 g/mol. The van der Waals surface area contributed by atoms with Gasteiger partial charge in [-0.3, -0.25) is 14.5 Å². The molecule has 4 nitrogen and oxygen atoms in total. The maximum Gasteiger partial charge on any atom is 0.316 e. The van der Waals surface area contributed by atoms with E-state index in [9.17, 15) is 9.59 Å². The summed E-state index contributed by atoms with van der Waals surface area (Å²) in [5.74, 6) is -0.457. The summed E-state index contributed by atoms with van der Waals surface area (Å²) >= 11 is 5.94. The molecule has 2 aromatic rings. The second-order valence-electron chi connectivity index (χ2n) is 5.65. The fourth-order valence-electron chi connectivity index (χ4n) is 3.17. The Bertz CT molecular complexity index is 741. The summed E-state index contributed by atoms with van der Waals surface area (Å²) < 4.78 is 0. The van der Waals surface area contributed by atoms with Gasteiger partial charge >= 0.3 is 11.8 Å². The molecule has 0 saturated carbocycles. The Morgan fingerprint density at radius 3 is 2.57 bits per heavy atom. The van der Waals surface area contributed by atoms with Crippen LogP contribution in [0.15, 0.2) is 42.5 Å². The van der Waals surface area contributed by atoms with Crippen LogP contribution in [0.25, 0.3) is 10.8 Å². The van der Waals surface area contributed by atoms with Crippen molar-refractivity contribution in [3.05, 3.63) is 42.5 Å². The van der Waals surface area contributed by atoms with Gasteiger partial charge in [-0.1, -0.05) is 36.4 Å². The molecule has 2 amide bonds. The van der Waals surface area contributed by atoms with E-state index in [1.54, 1.807) is 9.80 Å². The van der Waals surface area contributed by atoms with Gasteiger partial charge in [0.25, 0.3) is 0 Å². The molecule has 1 heterocycles. The maximum atomic E-state index is 12.7. The van der Waals surface area contributed by atoms with Crippen LogP contribution >= 0.6 is 11.6 Å². The molecule has 1 aliphatic rings. The molecule has 0 aromatic heterocycles. The lowest BCUT2D eigenvalue weighted by Crippen LogP contribution is -2.60. The highest BCUT2D eigenvalue weighted by Crippen LogP contribution is 2.31. The minimum Gasteiger partial charge on any atom is -0.333 e. The Labute approximate surface area is 140 Å². The third-order valence-corrected chi connectivity index (χ3v) is 4.55. The fraction of sp³-hybridized carbons (Fsp3) is 0.333. The molecule has 3 rings (SSSR count). The van der Waals surface area contributed by atoms with E-state index in [-0.39, 0.29) is 6.04 Å². The molecule has 1 fully saturated rings. The number of carbonyl (C=O) groups is 2. The quantitative estimate of drug-likeness (QED) is 0.638. The van der Waals surface area contributed by atoms with Crippen molar-refractivity contribution in [2.45, 2.75) is 19.4 Å². The van der Waals surface area contributed by atoms with E-state index in [1.807, 2.05) is 49.4 Å². The Morgan fingerprint density at radius 2 is 1.83 bits per heavy atom. The Morgan fingerprint density at radius 1 is 1.09 bits per heavy atom. The van der Waals surface area contributed by atoms with Crippen LogP contribution in [0.5, 0.6) is 0 Å². The van der Waals surface area contributed by atoms with E-state index in [0.717, 1.165) is 16.5 Å². The largest absolute Gasteiger partial charge is 0.333 e. The number of benzene rings is 2. The van der Waals surface area contributed by atoms with Crippen molar-refractivity contribution in [2.24, 2.45) is 0 Å². The summed E-state index contributed by atoms with van der Waals surface area (Å²) in [6, 6.07) is 13.6. The minimum absolute atomic E-state index is 0.0940. The zero-order valence-electron chi connectivity index (χ0n) is 13.0. The van der Waals surface area contributed by atoms with E-state index in [0.29, 0.717) is 25.4 Å². The Hall–Kier alpha value is -2.07. The summed E-state index contributed by atoms with van der Waals surface area (Å²) in [5.41, 5.74) is 0.785. The number of carbonyl (C=O) groups excluding carboxylic acids is 2. The molecular formula is C18H19ClN2O2. The summed E-state index contributed by atoms with van der Waals surface area (Å²) in [4.78, 5) is 28.3. The predicted octanol–water partition coefficient (Wildman–Crippen LogP) is 3.03. The van der Waals surface area contributed by atoms with Gasteiger partial charge < -0.3 is 4.90 Å². The van der Waals surface area contributed by atoms with Crippen molar-refractivity contribution in [2.75, 3.05) is 23.9 Å². The van der Waals surface area contributed by atoms with E-state index in [1.165, 1.54) is 0 Å². The number of fused-ring (bicyclic) bond motifs is 1. The molecule has 23 heavy (non-hydrogen) atoms. The number of hydrogen-bond donors (Lipinski definition) is 0. The summed E-state index contributed by atoms with van der Waals surface area (Å²) in [5, 5.41) is 2.02. The van der Waals surface area contributed by atoms with Crippen LogP contribution in [-0.2, 0) is 9.59 Å². The zero-order chi connectivity index (χ0) is 16.4. The number of anilines is 1. The standard InChI is InChI=1S/C18H19ClN2O2/c1-2-20-12-14(10-11-19)21(18(23)17(20)22)16-9-5-7-13-6-3-4-8-15(13)16/h3-9,14H,2,10-12H2,1H3. The van der Waals surface area contributed by atoms with Crippen molar-refractivity contribution in [1.29, 1.82) is 0 Å². The van der Waals surface area contributed by atoms with Crippen molar-refractivity contribution in [1.82, 2.24) is 4.90 Å². The third kappa shape index (κ3) is 2.79. The summed E-state index contributed by atoms with van der Waals surface area (Å²) in [6.07, 6.45) is 0.653. The average molecular weight is 331 g/mol. The van der Waals surface area contributed by atoms with Crippen molar-refractivity contribution in [3.63, 3.8) is 0 Å². The summed E-state index contributed by atoms with van der Waals surface area (Å²) in [6.45, 7) is 2.94. The number of nitrogens with zero attached hydrogens (tertiary/aromatic N) is 2. The van der Waals surface area contributed by atoms with Gasteiger partial charge in [-0.25, -0.2) is 0 Å². The molecule has 1 saturated heterocycles. The van der Waals surface area contributed by atoms with Crippen molar-refractivity contribution < 1.29 is 9.59 Å². The molecule has 5 heteroatoms. The van der Waals surface area contributed by atoms with Gasteiger partial charge in [0.2, 0.25) is 0 Å². The van der Waals surface area contributed by atoms with Gasteiger partial charge in [0.05, 0.1) is 11.7 Å². The molecule has 120 valence electrons. The number of halogens is 1. The van der Waals surface area contributed by atoms with E-state index in [2.05, 4.69) is 0 Å². The molecule has 1 atom stereocenters. The first-order valence-corrected chi connectivity index (χ1v) is 8.37. The van der Waals surface area contributed by atoms with Gasteiger partial charge in [0.1, 0.15) is 0 Å². The van der Waals surface area contributed by atoms with Gasteiger partial charge in [-0.15, -0.1) is 11.6 Å². The first-order chi connectivity index (χ1) is 11.2. The third-order valence-electron chi connectivity index (χ3n) is 4.34. The molecule has 1 aliphatic heterocycles. The average Bonchev–Trinajstić information content (AvgIpc) is 2.58. The molecule has 0 aliphatic carbocycles. The fourth-order valence-corrected chi connectivity index (χ4v) is 3.42. The van der Waals surface area contributed by atoms with Gasteiger partial charge in [-0.2, -0.15) is 0 Å². The first kappa shape index (κ1) is 15.8. The Kier molecular flexibility index (Phi) is 4.53. The summed E-state index contributed by atoms with van der Waals surface area (Å²) in [7, 11) is 0. The lowest BCUT2D eigenvalue weighted by molar-refractivity contribution is -0.147. The van der Waals surface area contributed by atoms with Crippen LogP contribution in [0, 0.1) is 0 Å². The molecule has 2 aromatic carbocycles. The number of hydrogen-bond acceptors (Lipinski definition) is 2. The monoisotopic (exact) mass is 330 g/mol. The number of amides is 2. The highest BCUT2D eigenvalue weighted by molar-refractivity contribution is 6.41. The Balaban J connectivity index is 2.10. The van der Waals surface area contributed by atoms with E-state index >= 15 is 0 Å². The van der Waals surface area contributed by atoms with Crippen LogP contribution in [0.1, 0.15) is 13.3 Å². The highest BCUT2D eigenvalue weighted by Gasteiger charge is 2.39. The molecule has 1 unspecified atom stereocenters. The molecule has 0 bridgehead atoms. The van der Waals surface area contributed by atoms with Crippen molar-refractivity contribution in [3.8, 4) is 0 Å². The predicted molar refractivity (Wildman–Crippen MR) is 92.8 cm³/mol. The van der Waals surface area contributed by atoms with Crippen LogP contribution in [-0.4, -0.2) is 41.7 Å². The minimum atomic E-state index is -0.468.